The Bertz CT molecular complexity index is 454. The first kappa shape index (κ1) is 14.7. The SMILES string of the molecule is CCC1(CC)CCN(CC(=O)c2ccccc2Br)C1. The van der Waals surface area contributed by atoms with Gasteiger partial charge in [-0.05, 0) is 37.3 Å². The van der Waals surface area contributed by atoms with Crippen molar-refractivity contribution in [2.45, 2.75) is 33.1 Å². The second-order valence-electron chi connectivity index (χ2n) is 5.57. The molecular weight excluding hydrogens is 302 g/mol. The third-order valence-electron chi connectivity index (χ3n) is 4.56. The Labute approximate surface area is 124 Å². The number of Topliss-reactive ketones (excluding diaryl/α,β-unsaturated/α-hetero) is 1. The molecule has 19 heavy (non-hydrogen) atoms. The Kier molecular flexibility index (Phi) is 4.80. The highest BCUT2D eigenvalue weighted by atomic mass is 79.9. The molecule has 1 aliphatic heterocycles. The lowest BCUT2D eigenvalue weighted by molar-refractivity contribution is 0.0935. The van der Waals surface area contributed by atoms with Crippen LogP contribution < -0.4 is 0 Å². The molecule has 0 atom stereocenters. The van der Waals surface area contributed by atoms with Crippen LogP contribution in [0.2, 0.25) is 0 Å². The molecule has 104 valence electrons. The van der Waals surface area contributed by atoms with E-state index in [9.17, 15) is 4.79 Å². The summed E-state index contributed by atoms with van der Waals surface area (Å²) in [5.41, 5.74) is 1.24. The van der Waals surface area contributed by atoms with Gasteiger partial charge >= 0.3 is 0 Å². The lowest BCUT2D eigenvalue weighted by Crippen LogP contribution is -2.31. The van der Waals surface area contributed by atoms with E-state index >= 15 is 0 Å². The Hall–Kier alpha value is -0.670. The molecule has 0 radical (unpaired) electrons. The number of rotatable bonds is 5. The molecule has 0 aliphatic carbocycles. The number of nitrogens with zero attached hydrogens (tertiary/aromatic N) is 1. The van der Waals surface area contributed by atoms with E-state index in [0.29, 0.717) is 12.0 Å². The predicted molar refractivity (Wildman–Crippen MR) is 82.5 cm³/mol. The lowest BCUT2D eigenvalue weighted by Gasteiger charge is -2.26. The number of benzene rings is 1. The smallest absolute Gasteiger partial charge is 0.177 e. The number of hydrogen-bond acceptors (Lipinski definition) is 2. The summed E-state index contributed by atoms with van der Waals surface area (Å²) in [7, 11) is 0. The summed E-state index contributed by atoms with van der Waals surface area (Å²) in [6.07, 6.45) is 3.65. The summed E-state index contributed by atoms with van der Waals surface area (Å²) in [5, 5.41) is 0. The van der Waals surface area contributed by atoms with Gasteiger partial charge in [0.25, 0.3) is 0 Å². The summed E-state index contributed by atoms with van der Waals surface area (Å²) in [5.74, 6) is 0.218. The molecule has 0 N–H and O–H groups in total. The Morgan fingerprint density at radius 1 is 1.32 bits per heavy atom. The van der Waals surface area contributed by atoms with Crippen LogP contribution in [-0.2, 0) is 0 Å². The van der Waals surface area contributed by atoms with Gasteiger partial charge in [0, 0.05) is 16.6 Å². The largest absolute Gasteiger partial charge is 0.295 e. The third kappa shape index (κ3) is 3.26. The molecule has 2 rings (SSSR count). The first-order chi connectivity index (χ1) is 9.10. The maximum atomic E-state index is 12.3. The third-order valence-corrected chi connectivity index (χ3v) is 5.25. The van der Waals surface area contributed by atoms with Crippen molar-refractivity contribution in [3.63, 3.8) is 0 Å². The van der Waals surface area contributed by atoms with E-state index in [0.717, 1.165) is 23.1 Å². The molecule has 0 spiro atoms. The fourth-order valence-electron chi connectivity index (χ4n) is 2.97. The van der Waals surface area contributed by atoms with E-state index in [1.807, 2.05) is 24.3 Å². The molecule has 1 heterocycles. The Morgan fingerprint density at radius 2 is 2.00 bits per heavy atom. The molecule has 0 aromatic heterocycles. The minimum absolute atomic E-state index is 0.218. The Balaban J connectivity index is 2.00. The van der Waals surface area contributed by atoms with Crippen molar-refractivity contribution in [3.05, 3.63) is 34.3 Å². The summed E-state index contributed by atoms with van der Waals surface area (Å²) < 4.78 is 0.899. The first-order valence-electron chi connectivity index (χ1n) is 7.10. The fourth-order valence-corrected chi connectivity index (χ4v) is 3.47. The molecule has 1 aliphatic rings. The van der Waals surface area contributed by atoms with Crippen molar-refractivity contribution < 1.29 is 4.79 Å². The zero-order valence-electron chi connectivity index (χ0n) is 11.8. The van der Waals surface area contributed by atoms with Crippen molar-refractivity contribution in [3.8, 4) is 0 Å². The van der Waals surface area contributed by atoms with Gasteiger partial charge in [-0.25, -0.2) is 0 Å². The summed E-state index contributed by atoms with van der Waals surface area (Å²) >= 11 is 3.46. The highest BCUT2D eigenvalue weighted by Gasteiger charge is 2.35. The fraction of sp³-hybridized carbons (Fsp3) is 0.562. The highest BCUT2D eigenvalue weighted by Crippen LogP contribution is 2.36. The van der Waals surface area contributed by atoms with Crippen molar-refractivity contribution in [1.82, 2.24) is 4.90 Å². The number of halogens is 1. The van der Waals surface area contributed by atoms with Gasteiger partial charge in [-0.1, -0.05) is 48.0 Å². The van der Waals surface area contributed by atoms with Gasteiger partial charge in [0.05, 0.1) is 6.54 Å². The molecule has 1 fully saturated rings. The van der Waals surface area contributed by atoms with Crippen molar-refractivity contribution in [2.24, 2.45) is 5.41 Å². The van der Waals surface area contributed by atoms with Gasteiger partial charge in [-0.3, -0.25) is 9.69 Å². The van der Waals surface area contributed by atoms with Crippen LogP contribution in [0.1, 0.15) is 43.5 Å². The average Bonchev–Trinajstić information content (AvgIpc) is 2.83. The number of carbonyl (C=O) groups excluding carboxylic acids is 1. The number of ketones is 1. The second-order valence-corrected chi connectivity index (χ2v) is 6.43. The van der Waals surface area contributed by atoms with E-state index in [4.69, 9.17) is 0 Å². The van der Waals surface area contributed by atoms with Crippen LogP contribution in [0.25, 0.3) is 0 Å². The molecular formula is C16H22BrNO. The van der Waals surface area contributed by atoms with Crippen LogP contribution in [0.4, 0.5) is 0 Å². The van der Waals surface area contributed by atoms with Crippen LogP contribution in [0.5, 0.6) is 0 Å². The van der Waals surface area contributed by atoms with Gasteiger partial charge in [0.2, 0.25) is 0 Å². The van der Waals surface area contributed by atoms with Crippen LogP contribution in [0.15, 0.2) is 28.7 Å². The van der Waals surface area contributed by atoms with Crippen LogP contribution in [0, 0.1) is 5.41 Å². The monoisotopic (exact) mass is 323 g/mol. The van der Waals surface area contributed by atoms with E-state index in [2.05, 4.69) is 34.7 Å². The van der Waals surface area contributed by atoms with Crippen molar-refractivity contribution >= 4 is 21.7 Å². The quantitative estimate of drug-likeness (QED) is 0.759. The van der Waals surface area contributed by atoms with E-state index in [1.54, 1.807) is 0 Å². The van der Waals surface area contributed by atoms with Crippen LogP contribution >= 0.6 is 15.9 Å². The first-order valence-corrected chi connectivity index (χ1v) is 7.89. The molecule has 1 saturated heterocycles. The molecule has 0 saturated carbocycles. The predicted octanol–water partition coefficient (Wildman–Crippen LogP) is 4.14. The van der Waals surface area contributed by atoms with Crippen LogP contribution in [0.3, 0.4) is 0 Å². The zero-order chi connectivity index (χ0) is 13.9. The number of carbonyl (C=O) groups is 1. The molecule has 1 aromatic carbocycles. The minimum atomic E-state index is 0.218. The minimum Gasteiger partial charge on any atom is -0.295 e. The van der Waals surface area contributed by atoms with E-state index in [-0.39, 0.29) is 5.78 Å². The summed E-state index contributed by atoms with van der Waals surface area (Å²) in [6, 6.07) is 7.69. The summed E-state index contributed by atoms with van der Waals surface area (Å²) in [6.45, 7) is 7.20. The highest BCUT2D eigenvalue weighted by molar-refractivity contribution is 9.10. The molecule has 2 nitrogen and oxygen atoms in total. The normalized spacial score (nSPS) is 18.7. The standard InChI is InChI=1S/C16H22BrNO/c1-3-16(4-2)9-10-18(12-16)11-15(19)13-7-5-6-8-14(13)17/h5-8H,3-4,9-12H2,1-2H3. The topological polar surface area (TPSA) is 20.3 Å². The molecule has 0 bridgehead atoms. The van der Waals surface area contributed by atoms with E-state index < -0.39 is 0 Å². The molecule has 0 amide bonds. The maximum absolute atomic E-state index is 12.3. The van der Waals surface area contributed by atoms with Gasteiger partial charge in [0.1, 0.15) is 0 Å². The molecule has 3 heteroatoms. The van der Waals surface area contributed by atoms with Gasteiger partial charge in [-0.15, -0.1) is 0 Å². The Morgan fingerprint density at radius 3 is 2.58 bits per heavy atom. The molecule has 0 unspecified atom stereocenters. The lowest BCUT2D eigenvalue weighted by atomic mass is 9.82. The number of hydrogen-bond donors (Lipinski definition) is 0. The summed E-state index contributed by atoms with van der Waals surface area (Å²) in [4.78, 5) is 14.7. The van der Waals surface area contributed by atoms with Crippen molar-refractivity contribution in [2.75, 3.05) is 19.6 Å². The van der Waals surface area contributed by atoms with Gasteiger partial charge in [0.15, 0.2) is 5.78 Å². The maximum Gasteiger partial charge on any atom is 0.177 e. The van der Waals surface area contributed by atoms with Gasteiger partial charge < -0.3 is 0 Å². The van der Waals surface area contributed by atoms with Crippen molar-refractivity contribution in [1.29, 1.82) is 0 Å². The molecule has 1 aromatic rings. The van der Waals surface area contributed by atoms with Gasteiger partial charge in [-0.2, -0.15) is 0 Å². The zero-order valence-corrected chi connectivity index (χ0v) is 13.4. The number of likely N-dealkylation sites (tertiary alicyclic amines) is 1. The average molecular weight is 324 g/mol. The second kappa shape index (κ2) is 6.19. The van der Waals surface area contributed by atoms with E-state index in [1.165, 1.54) is 19.3 Å². The van der Waals surface area contributed by atoms with Crippen LogP contribution in [-0.4, -0.2) is 30.3 Å².